The molecule has 3 N–H and O–H groups in total. The number of halogens is 1. The number of aromatic nitrogens is 1. The van der Waals surface area contributed by atoms with Crippen LogP contribution in [0.5, 0.6) is 0 Å². The minimum atomic E-state index is -1.11. The number of carbonyl (C=O) groups is 1. The van der Waals surface area contributed by atoms with Crippen LogP contribution in [0.4, 0.5) is 5.69 Å². The number of fused-ring (bicyclic) bond motifs is 1. The van der Waals surface area contributed by atoms with Crippen molar-refractivity contribution >= 4 is 45.7 Å². The van der Waals surface area contributed by atoms with Gasteiger partial charge in [-0.05, 0) is 29.8 Å². The predicted octanol–water partition coefficient (Wildman–Crippen LogP) is 5.01. The van der Waals surface area contributed by atoms with Gasteiger partial charge >= 0.3 is 5.97 Å². The van der Waals surface area contributed by atoms with Crippen molar-refractivity contribution in [2.24, 2.45) is 0 Å². The SMILES string of the molecule is O=C(O)c1c(NC(O)c2ccc3ncoc3c2)csc1-c1ccc(Cl)cc1. The molecule has 8 heteroatoms. The molecule has 0 aliphatic rings. The third kappa shape index (κ3) is 3.40. The molecule has 1 atom stereocenters. The maximum absolute atomic E-state index is 11.8. The normalized spacial score (nSPS) is 12.2. The van der Waals surface area contributed by atoms with Gasteiger partial charge in [-0.2, -0.15) is 0 Å². The lowest BCUT2D eigenvalue weighted by Crippen LogP contribution is -2.12. The van der Waals surface area contributed by atoms with E-state index in [9.17, 15) is 15.0 Å². The van der Waals surface area contributed by atoms with Gasteiger partial charge in [-0.1, -0.05) is 29.8 Å². The molecule has 0 radical (unpaired) electrons. The summed E-state index contributed by atoms with van der Waals surface area (Å²) in [4.78, 5) is 16.5. The molecule has 136 valence electrons. The molecular weight excluding hydrogens is 388 g/mol. The number of thiophene rings is 1. The molecule has 0 aliphatic heterocycles. The van der Waals surface area contributed by atoms with Gasteiger partial charge in [0, 0.05) is 16.0 Å². The fourth-order valence-electron chi connectivity index (χ4n) is 2.76. The van der Waals surface area contributed by atoms with Gasteiger partial charge in [0.1, 0.15) is 11.1 Å². The molecule has 4 rings (SSSR count). The van der Waals surface area contributed by atoms with Crippen molar-refractivity contribution in [3.8, 4) is 10.4 Å². The molecule has 0 fully saturated rings. The molecule has 0 aliphatic carbocycles. The van der Waals surface area contributed by atoms with Crippen LogP contribution in [0.15, 0.2) is 58.7 Å². The van der Waals surface area contributed by atoms with E-state index in [-0.39, 0.29) is 5.56 Å². The maximum Gasteiger partial charge on any atom is 0.339 e. The number of nitrogens with zero attached hydrogens (tertiary/aromatic N) is 1. The molecule has 2 aromatic carbocycles. The summed E-state index contributed by atoms with van der Waals surface area (Å²) in [6.45, 7) is 0. The largest absolute Gasteiger partial charge is 0.478 e. The highest BCUT2D eigenvalue weighted by molar-refractivity contribution is 7.14. The summed E-state index contributed by atoms with van der Waals surface area (Å²) in [7, 11) is 0. The second-order valence-corrected chi connectivity index (χ2v) is 7.11. The third-order valence-corrected chi connectivity index (χ3v) is 5.36. The number of hydrogen-bond donors (Lipinski definition) is 3. The van der Waals surface area contributed by atoms with Gasteiger partial charge in [-0.25, -0.2) is 9.78 Å². The Kier molecular flexibility index (Phi) is 4.57. The van der Waals surface area contributed by atoms with Crippen molar-refractivity contribution in [2.45, 2.75) is 6.23 Å². The van der Waals surface area contributed by atoms with E-state index in [1.165, 1.54) is 17.7 Å². The molecule has 0 bridgehead atoms. The van der Waals surface area contributed by atoms with Gasteiger partial charge in [-0.3, -0.25) is 0 Å². The number of rotatable bonds is 5. The Morgan fingerprint density at radius 3 is 2.74 bits per heavy atom. The fourth-order valence-corrected chi connectivity index (χ4v) is 3.90. The standard InChI is InChI=1S/C19H13ClN2O4S/c20-12-4-1-10(2-5-12)17-16(19(24)25)14(8-27-17)22-18(23)11-3-6-13-15(7-11)26-9-21-13/h1-9,18,22-23H,(H,24,25). The number of aliphatic hydroxyl groups is 1. The maximum atomic E-state index is 11.8. The van der Waals surface area contributed by atoms with Crippen LogP contribution >= 0.6 is 22.9 Å². The van der Waals surface area contributed by atoms with E-state index >= 15 is 0 Å². The molecule has 0 spiro atoms. The number of hydrogen-bond acceptors (Lipinski definition) is 6. The van der Waals surface area contributed by atoms with Crippen molar-refractivity contribution in [1.82, 2.24) is 4.98 Å². The Balaban J connectivity index is 1.67. The number of aliphatic hydroxyl groups excluding tert-OH is 1. The first-order valence-electron chi connectivity index (χ1n) is 7.91. The first kappa shape index (κ1) is 17.5. The van der Waals surface area contributed by atoms with Crippen LogP contribution in [0.2, 0.25) is 5.02 Å². The first-order chi connectivity index (χ1) is 13.0. The molecular formula is C19H13ClN2O4S. The molecule has 4 aromatic rings. The summed E-state index contributed by atoms with van der Waals surface area (Å²) in [6, 6.07) is 12.0. The molecule has 0 saturated heterocycles. The van der Waals surface area contributed by atoms with Crippen molar-refractivity contribution in [3.63, 3.8) is 0 Å². The van der Waals surface area contributed by atoms with Gasteiger partial charge in [0.15, 0.2) is 18.2 Å². The van der Waals surface area contributed by atoms with Gasteiger partial charge in [0.05, 0.1) is 10.6 Å². The lowest BCUT2D eigenvalue weighted by atomic mass is 10.1. The number of carboxylic acids is 1. The number of carboxylic acid groups (broad SMARTS) is 1. The van der Waals surface area contributed by atoms with Gasteiger partial charge in [0.2, 0.25) is 0 Å². The first-order valence-corrected chi connectivity index (χ1v) is 9.17. The van der Waals surface area contributed by atoms with Crippen LogP contribution < -0.4 is 5.32 Å². The average molecular weight is 401 g/mol. The highest BCUT2D eigenvalue weighted by Crippen LogP contribution is 2.37. The van der Waals surface area contributed by atoms with E-state index in [0.29, 0.717) is 32.3 Å². The van der Waals surface area contributed by atoms with E-state index in [2.05, 4.69) is 10.3 Å². The molecule has 1 unspecified atom stereocenters. The van der Waals surface area contributed by atoms with Crippen LogP contribution in [0.25, 0.3) is 21.5 Å². The Morgan fingerprint density at radius 2 is 2.00 bits per heavy atom. The van der Waals surface area contributed by atoms with Gasteiger partial charge < -0.3 is 19.9 Å². The van der Waals surface area contributed by atoms with E-state index in [1.807, 2.05) is 0 Å². The van der Waals surface area contributed by atoms with E-state index in [1.54, 1.807) is 47.8 Å². The Labute approximate surface area is 162 Å². The minimum Gasteiger partial charge on any atom is -0.478 e. The van der Waals surface area contributed by atoms with E-state index in [0.717, 1.165) is 5.56 Å². The van der Waals surface area contributed by atoms with E-state index in [4.69, 9.17) is 16.0 Å². The Morgan fingerprint density at radius 1 is 1.22 bits per heavy atom. The predicted molar refractivity (Wildman–Crippen MR) is 104 cm³/mol. The van der Waals surface area contributed by atoms with Crippen LogP contribution in [0.3, 0.4) is 0 Å². The van der Waals surface area contributed by atoms with Crippen molar-refractivity contribution in [3.05, 3.63) is 70.4 Å². The van der Waals surface area contributed by atoms with Gasteiger partial charge in [0.25, 0.3) is 0 Å². The van der Waals surface area contributed by atoms with Crippen molar-refractivity contribution < 1.29 is 19.4 Å². The summed E-state index contributed by atoms with van der Waals surface area (Å²) in [5.74, 6) is -1.08. The average Bonchev–Trinajstić information content (AvgIpc) is 3.28. The number of oxazole rings is 1. The molecule has 27 heavy (non-hydrogen) atoms. The molecule has 0 saturated carbocycles. The Bertz CT molecular complexity index is 1120. The second-order valence-electron chi connectivity index (χ2n) is 5.79. The number of nitrogens with one attached hydrogen (secondary N) is 1. The molecule has 0 amide bonds. The summed E-state index contributed by atoms with van der Waals surface area (Å²) in [5.41, 5.74) is 2.93. The molecule has 2 aromatic heterocycles. The van der Waals surface area contributed by atoms with Crippen LogP contribution in [0, 0.1) is 0 Å². The van der Waals surface area contributed by atoms with Crippen LogP contribution in [0.1, 0.15) is 22.1 Å². The molecule has 6 nitrogen and oxygen atoms in total. The summed E-state index contributed by atoms with van der Waals surface area (Å²) < 4.78 is 5.24. The zero-order valence-electron chi connectivity index (χ0n) is 13.7. The summed E-state index contributed by atoms with van der Waals surface area (Å²) in [5, 5.41) is 25.3. The van der Waals surface area contributed by atoms with E-state index < -0.39 is 12.2 Å². The van der Waals surface area contributed by atoms with Crippen molar-refractivity contribution in [2.75, 3.05) is 5.32 Å². The number of anilines is 1. The lowest BCUT2D eigenvalue weighted by Gasteiger charge is -2.14. The zero-order chi connectivity index (χ0) is 19.0. The number of aromatic carboxylic acids is 1. The minimum absolute atomic E-state index is 0.0992. The highest BCUT2D eigenvalue weighted by atomic mass is 35.5. The highest BCUT2D eigenvalue weighted by Gasteiger charge is 2.22. The smallest absolute Gasteiger partial charge is 0.339 e. The topological polar surface area (TPSA) is 95.6 Å². The zero-order valence-corrected chi connectivity index (χ0v) is 15.3. The number of benzene rings is 2. The summed E-state index contributed by atoms with van der Waals surface area (Å²) >= 11 is 7.18. The van der Waals surface area contributed by atoms with Gasteiger partial charge in [-0.15, -0.1) is 11.3 Å². The Hall–Kier alpha value is -2.87. The second kappa shape index (κ2) is 7.03. The van der Waals surface area contributed by atoms with Crippen LogP contribution in [-0.2, 0) is 0 Å². The summed E-state index contributed by atoms with van der Waals surface area (Å²) in [6.07, 6.45) is 0.221. The molecule has 2 heterocycles. The lowest BCUT2D eigenvalue weighted by molar-refractivity contribution is 0.0699. The fraction of sp³-hybridized carbons (Fsp3) is 0.0526. The third-order valence-electron chi connectivity index (χ3n) is 4.07. The quantitative estimate of drug-likeness (QED) is 0.407. The monoisotopic (exact) mass is 400 g/mol. The van der Waals surface area contributed by atoms with Crippen molar-refractivity contribution in [1.29, 1.82) is 0 Å². The van der Waals surface area contributed by atoms with Crippen LogP contribution in [-0.4, -0.2) is 21.2 Å².